The highest BCUT2D eigenvalue weighted by atomic mass is 79.9. The van der Waals surface area contributed by atoms with Gasteiger partial charge in [0, 0.05) is 12.7 Å². The number of hydrogen-bond acceptors (Lipinski definition) is 7. The fourth-order valence-electron chi connectivity index (χ4n) is 2.10. The van der Waals surface area contributed by atoms with Crippen LogP contribution in [-0.2, 0) is 0 Å². The van der Waals surface area contributed by atoms with Gasteiger partial charge in [-0.15, -0.1) is 10.2 Å². The Morgan fingerprint density at radius 3 is 3.05 bits per heavy atom. The quantitative estimate of drug-likeness (QED) is 0.674. The number of rotatable bonds is 2. The number of aromatic nitrogens is 5. The number of nitrogens with zero attached hydrogens (tertiary/aromatic N) is 5. The van der Waals surface area contributed by atoms with Crippen molar-refractivity contribution in [2.24, 2.45) is 0 Å². The zero-order valence-corrected chi connectivity index (χ0v) is 12.6. The zero-order valence-electron chi connectivity index (χ0n) is 10.2. The van der Waals surface area contributed by atoms with Crippen LogP contribution >= 0.6 is 27.3 Å². The normalized spacial score (nSPS) is 22.6. The number of hydrazine groups is 1. The van der Waals surface area contributed by atoms with Crippen molar-refractivity contribution in [3.63, 3.8) is 0 Å². The molecule has 2 N–H and O–H groups in total. The number of fused-ring (bicyclic) bond motifs is 1. The average molecular weight is 352 g/mol. The topological polar surface area (TPSA) is 80.0 Å². The first-order chi connectivity index (χ1) is 9.83. The van der Waals surface area contributed by atoms with E-state index in [0.717, 1.165) is 22.2 Å². The lowest BCUT2D eigenvalue weighted by atomic mass is 10.2. The SMILES string of the molecule is BrC1CNNC1c1nn2c(-c3ccccn3)nnc2s1. The van der Waals surface area contributed by atoms with E-state index in [1.165, 1.54) is 11.3 Å². The van der Waals surface area contributed by atoms with Crippen LogP contribution in [0.15, 0.2) is 24.4 Å². The molecule has 1 fully saturated rings. The molecule has 2 unspecified atom stereocenters. The molecule has 0 spiro atoms. The maximum Gasteiger partial charge on any atom is 0.235 e. The van der Waals surface area contributed by atoms with Gasteiger partial charge in [-0.25, -0.2) is 5.43 Å². The minimum absolute atomic E-state index is 0.137. The smallest absolute Gasteiger partial charge is 0.235 e. The molecule has 4 heterocycles. The van der Waals surface area contributed by atoms with E-state index in [4.69, 9.17) is 0 Å². The molecular weight excluding hydrogens is 342 g/mol. The predicted molar refractivity (Wildman–Crippen MR) is 78.5 cm³/mol. The first kappa shape index (κ1) is 12.3. The number of pyridine rings is 1. The molecule has 3 aromatic rings. The molecular formula is C11H10BrN7S. The van der Waals surface area contributed by atoms with Gasteiger partial charge in [0.2, 0.25) is 10.8 Å². The molecule has 0 saturated carbocycles. The van der Waals surface area contributed by atoms with Gasteiger partial charge in [-0.2, -0.15) is 9.61 Å². The van der Waals surface area contributed by atoms with Crippen LogP contribution in [0.2, 0.25) is 0 Å². The van der Waals surface area contributed by atoms with Gasteiger partial charge in [0.25, 0.3) is 0 Å². The minimum Gasteiger partial charge on any atom is -0.256 e. The summed E-state index contributed by atoms with van der Waals surface area (Å²) < 4.78 is 1.75. The number of hydrogen-bond donors (Lipinski definition) is 2. The summed E-state index contributed by atoms with van der Waals surface area (Å²) in [5, 5.41) is 13.9. The van der Waals surface area contributed by atoms with Crippen molar-refractivity contribution in [2.75, 3.05) is 6.54 Å². The van der Waals surface area contributed by atoms with Crippen molar-refractivity contribution < 1.29 is 0 Å². The zero-order chi connectivity index (χ0) is 13.5. The molecule has 3 aromatic heterocycles. The average Bonchev–Trinajstić information content (AvgIpc) is 3.13. The van der Waals surface area contributed by atoms with Gasteiger partial charge < -0.3 is 0 Å². The van der Waals surface area contributed by atoms with Gasteiger partial charge in [-0.05, 0) is 12.1 Å². The fraction of sp³-hybridized carbons (Fsp3) is 0.273. The van der Waals surface area contributed by atoms with Crippen molar-refractivity contribution in [1.29, 1.82) is 0 Å². The number of alkyl halides is 1. The third-order valence-corrected chi connectivity index (χ3v) is 4.92. The van der Waals surface area contributed by atoms with Crippen LogP contribution in [0.4, 0.5) is 0 Å². The maximum absolute atomic E-state index is 4.62. The van der Waals surface area contributed by atoms with Crippen LogP contribution in [0.25, 0.3) is 16.5 Å². The van der Waals surface area contributed by atoms with Crippen LogP contribution in [0, 0.1) is 0 Å². The van der Waals surface area contributed by atoms with Gasteiger partial charge >= 0.3 is 0 Å². The largest absolute Gasteiger partial charge is 0.256 e. The standard InChI is InChI=1S/C11H10BrN7S/c12-6-5-14-15-8(6)10-18-19-9(16-17-11(19)20-10)7-3-1-2-4-13-7/h1-4,6,8,14-15H,5H2. The van der Waals surface area contributed by atoms with Crippen molar-refractivity contribution in [3.8, 4) is 11.5 Å². The molecule has 0 aliphatic carbocycles. The van der Waals surface area contributed by atoms with Gasteiger partial charge in [-0.1, -0.05) is 33.3 Å². The first-order valence-electron chi connectivity index (χ1n) is 6.09. The Labute approximate surface area is 126 Å². The maximum atomic E-state index is 4.62. The van der Waals surface area contributed by atoms with E-state index in [1.54, 1.807) is 10.7 Å². The Morgan fingerprint density at radius 1 is 1.35 bits per heavy atom. The molecule has 9 heteroatoms. The molecule has 7 nitrogen and oxygen atoms in total. The Balaban J connectivity index is 1.79. The molecule has 4 rings (SSSR count). The van der Waals surface area contributed by atoms with Crippen LogP contribution in [0.1, 0.15) is 11.0 Å². The summed E-state index contributed by atoms with van der Waals surface area (Å²) in [6, 6.07) is 5.84. The lowest BCUT2D eigenvalue weighted by molar-refractivity contribution is 0.576. The summed E-state index contributed by atoms with van der Waals surface area (Å²) in [6.07, 6.45) is 1.74. The molecule has 1 aliphatic rings. The van der Waals surface area contributed by atoms with Crippen molar-refractivity contribution in [3.05, 3.63) is 29.4 Å². The molecule has 0 amide bonds. The summed E-state index contributed by atoms with van der Waals surface area (Å²) in [7, 11) is 0. The van der Waals surface area contributed by atoms with Gasteiger partial charge in [0.15, 0.2) is 0 Å². The number of nitrogens with one attached hydrogen (secondary N) is 2. The summed E-state index contributed by atoms with van der Waals surface area (Å²) in [5.74, 6) is 0.667. The second-order valence-corrected chi connectivity index (χ2v) is 6.56. The summed E-state index contributed by atoms with van der Waals surface area (Å²) in [5.41, 5.74) is 7.09. The minimum atomic E-state index is 0.137. The summed E-state index contributed by atoms with van der Waals surface area (Å²) in [4.78, 5) is 5.38. The van der Waals surface area contributed by atoms with E-state index in [9.17, 15) is 0 Å². The summed E-state index contributed by atoms with van der Waals surface area (Å²) >= 11 is 5.17. The van der Waals surface area contributed by atoms with Crippen molar-refractivity contribution in [2.45, 2.75) is 10.9 Å². The Morgan fingerprint density at radius 2 is 2.30 bits per heavy atom. The summed E-state index contributed by atoms with van der Waals surface area (Å²) in [6.45, 7) is 0.859. The first-order valence-corrected chi connectivity index (χ1v) is 7.82. The van der Waals surface area contributed by atoms with Crippen molar-refractivity contribution in [1.82, 2.24) is 35.6 Å². The van der Waals surface area contributed by atoms with Crippen molar-refractivity contribution >= 4 is 32.2 Å². The lowest BCUT2D eigenvalue weighted by Crippen LogP contribution is -2.25. The Bertz CT molecular complexity index is 740. The Hall–Kier alpha value is -1.42. The van der Waals surface area contributed by atoms with Gasteiger partial charge in [0.05, 0.1) is 10.9 Å². The molecule has 0 bridgehead atoms. The fourth-order valence-corrected chi connectivity index (χ4v) is 3.78. The molecule has 20 heavy (non-hydrogen) atoms. The van der Waals surface area contributed by atoms with Crippen LogP contribution < -0.4 is 10.9 Å². The molecule has 2 atom stereocenters. The highest BCUT2D eigenvalue weighted by Gasteiger charge is 2.29. The lowest BCUT2D eigenvalue weighted by Gasteiger charge is -2.07. The molecule has 1 aliphatic heterocycles. The second-order valence-electron chi connectivity index (χ2n) is 4.39. The van der Waals surface area contributed by atoms with E-state index in [1.807, 2.05) is 18.2 Å². The third kappa shape index (κ3) is 1.94. The van der Waals surface area contributed by atoms with Crippen LogP contribution in [0.3, 0.4) is 0 Å². The third-order valence-electron chi connectivity index (χ3n) is 3.08. The van der Waals surface area contributed by atoms with E-state index >= 15 is 0 Å². The van der Waals surface area contributed by atoms with Gasteiger partial charge in [-0.3, -0.25) is 10.4 Å². The highest BCUT2D eigenvalue weighted by Crippen LogP contribution is 2.29. The Kier molecular flexibility index (Phi) is 2.99. The van der Waals surface area contributed by atoms with Crippen LogP contribution in [0.5, 0.6) is 0 Å². The highest BCUT2D eigenvalue weighted by molar-refractivity contribution is 9.09. The van der Waals surface area contributed by atoms with E-state index in [-0.39, 0.29) is 6.04 Å². The van der Waals surface area contributed by atoms with Gasteiger partial charge in [0.1, 0.15) is 10.7 Å². The number of halogens is 1. The van der Waals surface area contributed by atoms with E-state index < -0.39 is 0 Å². The van der Waals surface area contributed by atoms with Crippen LogP contribution in [-0.4, -0.2) is 36.2 Å². The molecule has 0 aromatic carbocycles. The molecule has 0 radical (unpaired) electrons. The second kappa shape index (κ2) is 4.85. The van der Waals surface area contributed by atoms with E-state index in [0.29, 0.717) is 10.7 Å². The molecule has 1 saturated heterocycles. The van der Waals surface area contributed by atoms with E-state index in [2.05, 4.69) is 47.1 Å². The monoisotopic (exact) mass is 351 g/mol. The molecule has 102 valence electrons. The predicted octanol–water partition coefficient (Wildman–Crippen LogP) is 1.16.